The Labute approximate surface area is 344 Å². The van der Waals surface area contributed by atoms with E-state index in [1.165, 1.54) is 16.1 Å². The second-order valence-corrected chi connectivity index (χ2v) is 23.3. The molecule has 1 atom stereocenters. The van der Waals surface area contributed by atoms with Crippen LogP contribution in [0.2, 0.25) is 18.1 Å². The smallest absolute Gasteiger partial charge is 0.248 e. The summed E-state index contributed by atoms with van der Waals surface area (Å²) in [6.07, 6.45) is 1.89. The van der Waals surface area contributed by atoms with Crippen LogP contribution in [0.3, 0.4) is 0 Å². The van der Waals surface area contributed by atoms with Crippen molar-refractivity contribution < 1.29 is 22.3 Å². The Morgan fingerprint density at radius 1 is 0.810 bits per heavy atom. The lowest BCUT2D eigenvalue weighted by Crippen LogP contribution is -2.49. The first-order chi connectivity index (χ1) is 27.6. The van der Waals surface area contributed by atoms with Crippen molar-refractivity contribution in [2.75, 3.05) is 64.0 Å². The van der Waals surface area contributed by atoms with E-state index in [4.69, 9.17) is 13.9 Å². The van der Waals surface area contributed by atoms with Gasteiger partial charge in [-0.3, -0.25) is 9.69 Å². The molecule has 0 radical (unpaired) electrons. The van der Waals surface area contributed by atoms with Crippen molar-refractivity contribution in [3.05, 3.63) is 130 Å². The van der Waals surface area contributed by atoms with E-state index in [9.17, 15) is 13.2 Å². The zero-order chi connectivity index (χ0) is 41.3. The average Bonchev–Trinajstić information content (AvgIpc) is 3.19. The fraction of sp³-hybridized carbons (Fsp3) is 0.400. The minimum atomic E-state index is -3.13. The van der Waals surface area contributed by atoms with Gasteiger partial charge < -0.3 is 29.5 Å². The first kappa shape index (κ1) is 43.1. The molecule has 0 unspecified atom stereocenters. The van der Waals surface area contributed by atoms with Crippen molar-refractivity contribution in [1.82, 2.24) is 19.5 Å². The zero-order valence-corrected chi connectivity index (χ0v) is 36.5. The van der Waals surface area contributed by atoms with Crippen LogP contribution in [0, 0.1) is 0 Å². The highest BCUT2D eigenvalue weighted by Gasteiger charge is 2.39. The average molecular weight is 826 g/mol. The highest BCUT2D eigenvalue weighted by Crippen LogP contribution is 2.41. The first-order valence-corrected chi connectivity index (χ1v) is 24.9. The summed E-state index contributed by atoms with van der Waals surface area (Å²) in [6.45, 7) is 16.9. The number of benzene rings is 4. The van der Waals surface area contributed by atoms with Crippen molar-refractivity contribution in [3.8, 4) is 11.5 Å². The van der Waals surface area contributed by atoms with Gasteiger partial charge in [-0.1, -0.05) is 69.3 Å². The minimum absolute atomic E-state index is 0.0156. The molecule has 5 aromatic rings. The van der Waals surface area contributed by atoms with E-state index in [1.54, 1.807) is 6.07 Å². The van der Waals surface area contributed by atoms with Gasteiger partial charge >= 0.3 is 0 Å². The van der Waals surface area contributed by atoms with Crippen molar-refractivity contribution in [3.63, 3.8) is 0 Å². The molecule has 13 heteroatoms. The van der Waals surface area contributed by atoms with Crippen LogP contribution < -0.4 is 25.7 Å². The van der Waals surface area contributed by atoms with Crippen LogP contribution in [0.4, 0.5) is 11.4 Å². The quantitative estimate of drug-likeness (QED) is 0.0603. The molecular formula is C45H59N5O6SSi. The van der Waals surface area contributed by atoms with E-state index < -0.39 is 18.3 Å². The third kappa shape index (κ3) is 11.8. The van der Waals surface area contributed by atoms with E-state index in [2.05, 4.69) is 84.7 Å². The molecule has 0 spiro atoms. The number of hydrogen-bond acceptors (Lipinski definition) is 9. The topological polar surface area (TPSA) is 125 Å². The van der Waals surface area contributed by atoms with Gasteiger partial charge in [-0.15, -0.1) is 0 Å². The number of aromatic nitrogens is 1. The van der Waals surface area contributed by atoms with Crippen LogP contribution in [0.25, 0.3) is 10.9 Å². The summed E-state index contributed by atoms with van der Waals surface area (Å²) >= 11 is 0. The van der Waals surface area contributed by atoms with E-state index in [0.29, 0.717) is 57.2 Å². The van der Waals surface area contributed by atoms with Crippen LogP contribution in [-0.4, -0.2) is 89.6 Å². The summed E-state index contributed by atoms with van der Waals surface area (Å²) in [5.74, 6) is 1.43. The van der Waals surface area contributed by atoms with E-state index in [0.717, 1.165) is 53.1 Å². The number of nitrogens with one attached hydrogen (secondary N) is 3. The third-order valence-electron chi connectivity index (χ3n) is 11.2. The normalized spacial score (nSPS) is 15.0. The van der Waals surface area contributed by atoms with Gasteiger partial charge in [0.25, 0.3) is 0 Å². The van der Waals surface area contributed by atoms with Gasteiger partial charge in [0, 0.05) is 62.1 Å². The largest absolute Gasteiger partial charge is 0.492 e. The number of rotatable bonds is 18. The Bertz CT molecular complexity index is 2250. The van der Waals surface area contributed by atoms with Crippen LogP contribution >= 0.6 is 0 Å². The SMILES string of the molecule is CC(C)(C)[Si](C)(C)O[C@@H](CNCCc1ccc(Nc2ccc(OCCN3CCN(S(C)(=O)=O)CC3)cc2)cc1)c1ccc(OCc2ccccc2)c2[nH]c(=O)ccc12. The standard InChI is InChI=1S/C45H59N5O6SSi/c1-45(2,3)58(5,6)56-42(39-20-22-41(44-40(39)21-23-43(51)48-44)55-33-35-10-8-7-9-11-35)32-46-25-24-34-12-14-36(15-13-34)47-37-16-18-38(19-17-37)54-31-30-49-26-28-50(29-27-49)57(4,52)53/h7-23,42,46-47H,24-33H2,1-6H3,(H,48,51)/t42-/m0/s1. The Balaban J connectivity index is 1.02. The Morgan fingerprint density at radius 2 is 1.48 bits per heavy atom. The van der Waals surface area contributed by atoms with Crippen molar-refractivity contribution in [2.45, 2.75) is 58.0 Å². The van der Waals surface area contributed by atoms with E-state index >= 15 is 0 Å². The molecule has 58 heavy (non-hydrogen) atoms. The molecule has 0 amide bonds. The fourth-order valence-corrected chi connectivity index (χ4v) is 8.83. The maximum absolute atomic E-state index is 12.6. The van der Waals surface area contributed by atoms with E-state index in [1.807, 2.05) is 66.7 Å². The molecule has 1 aliphatic heterocycles. The van der Waals surface area contributed by atoms with Crippen LogP contribution in [-0.2, 0) is 27.5 Å². The number of aromatic amines is 1. The van der Waals surface area contributed by atoms with Gasteiger partial charge in [0.05, 0.1) is 17.9 Å². The molecule has 2 heterocycles. The van der Waals surface area contributed by atoms with Crippen LogP contribution in [0.15, 0.2) is 108 Å². The molecule has 1 fully saturated rings. The van der Waals surface area contributed by atoms with Crippen LogP contribution in [0.5, 0.6) is 11.5 Å². The highest BCUT2D eigenvalue weighted by molar-refractivity contribution is 7.88. The number of anilines is 2. The second-order valence-electron chi connectivity index (χ2n) is 16.6. The molecule has 4 aromatic carbocycles. The van der Waals surface area contributed by atoms with Crippen molar-refractivity contribution in [2.24, 2.45) is 0 Å². The van der Waals surface area contributed by atoms with E-state index in [-0.39, 0.29) is 16.7 Å². The zero-order valence-electron chi connectivity index (χ0n) is 34.7. The number of ether oxygens (including phenoxy) is 2. The molecule has 1 aromatic heterocycles. The number of hydrogen-bond donors (Lipinski definition) is 3. The van der Waals surface area contributed by atoms with Gasteiger partial charge in [0.15, 0.2) is 8.32 Å². The number of piperazine rings is 1. The number of H-pyrrole nitrogens is 1. The maximum atomic E-state index is 12.6. The molecule has 0 aliphatic carbocycles. The number of fused-ring (bicyclic) bond motifs is 1. The van der Waals surface area contributed by atoms with Gasteiger partial charge in [-0.25, -0.2) is 8.42 Å². The second kappa shape index (κ2) is 19.0. The molecular weight excluding hydrogens is 767 g/mol. The number of sulfonamides is 1. The molecule has 310 valence electrons. The monoisotopic (exact) mass is 825 g/mol. The Hall–Kier alpha value is -4.50. The van der Waals surface area contributed by atoms with Gasteiger partial charge in [-0.05, 0) is 96.3 Å². The molecule has 1 saturated heterocycles. The molecule has 1 aliphatic rings. The predicted molar refractivity (Wildman–Crippen MR) is 237 cm³/mol. The predicted octanol–water partition coefficient (Wildman–Crippen LogP) is 7.70. The summed E-state index contributed by atoms with van der Waals surface area (Å²) < 4.78 is 44.3. The fourth-order valence-electron chi connectivity index (χ4n) is 6.73. The summed E-state index contributed by atoms with van der Waals surface area (Å²) in [4.78, 5) is 17.8. The minimum Gasteiger partial charge on any atom is -0.492 e. The lowest BCUT2D eigenvalue weighted by atomic mass is 10.0. The maximum Gasteiger partial charge on any atom is 0.248 e. The third-order valence-corrected chi connectivity index (χ3v) is 17.0. The summed E-state index contributed by atoms with van der Waals surface area (Å²) in [5.41, 5.74) is 5.78. The molecule has 3 N–H and O–H groups in total. The van der Waals surface area contributed by atoms with Gasteiger partial charge in [0.2, 0.25) is 15.6 Å². The van der Waals surface area contributed by atoms with Crippen molar-refractivity contribution in [1.29, 1.82) is 0 Å². The molecule has 11 nitrogen and oxygen atoms in total. The Kier molecular flexibility index (Phi) is 14.1. The Morgan fingerprint density at radius 3 is 2.14 bits per heavy atom. The first-order valence-electron chi connectivity index (χ1n) is 20.1. The van der Waals surface area contributed by atoms with Gasteiger partial charge in [-0.2, -0.15) is 4.31 Å². The molecule has 6 rings (SSSR count). The summed E-state index contributed by atoms with van der Waals surface area (Å²) in [5, 5.41) is 8.09. The highest BCUT2D eigenvalue weighted by atomic mass is 32.2. The summed E-state index contributed by atoms with van der Waals surface area (Å²) in [6, 6.07) is 33.9. The van der Waals surface area contributed by atoms with Crippen LogP contribution in [0.1, 0.15) is 43.6 Å². The van der Waals surface area contributed by atoms with Gasteiger partial charge in [0.1, 0.15) is 24.7 Å². The number of nitrogens with zero attached hydrogens (tertiary/aromatic N) is 2. The lowest BCUT2D eigenvalue weighted by molar-refractivity contribution is 0.159. The van der Waals surface area contributed by atoms with Crippen molar-refractivity contribution >= 4 is 40.6 Å². The molecule has 0 bridgehead atoms. The molecule has 0 saturated carbocycles. The summed E-state index contributed by atoms with van der Waals surface area (Å²) in [7, 11) is -5.31. The lowest BCUT2D eigenvalue weighted by Gasteiger charge is -2.39. The number of pyridine rings is 1.